The Morgan fingerprint density at radius 2 is 1.81 bits per heavy atom. The molecule has 12 nitrogen and oxygen atoms in total. The minimum Gasteiger partial charge on any atom is -0.374 e. The summed E-state index contributed by atoms with van der Waals surface area (Å²) in [6.45, 7) is 3.77. The van der Waals surface area contributed by atoms with Crippen molar-refractivity contribution in [3.63, 3.8) is 0 Å². The number of hydrogen-bond donors (Lipinski definition) is 5. The van der Waals surface area contributed by atoms with Gasteiger partial charge >= 0.3 is 0 Å². The average molecular weight is 602 g/mol. The lowest BCUT2D eigenvalue weighted by Gasteiger charge is -2.17. The van der Waals surface area contributed by atoms with Crippen LogP contribution in [0, 0.1) is 11.7 Å². The maximum absolute atomic E-state index is 14.6. The second-order valence-corrected chi connectivity index (χ2v) is 12.4. The highest BCUT2D eigenvalue weighted by atomic mass is 32.2. The van der Waals surface area contributed by atoms with Gasteiger partial charge in [-0.1, -0.05) is 13.8 Å². The summed E-state index contributed by atoms with van der Waals surface area (Å²) in [6.07, 6.45) is 6.99. The van der Waals surface area contributed by atoms with Crippen LogP contribution >= 0.6 is 0 Å². The zero-order valence-electron chi connectivity index (χ0n) is 23.4. The highest BCUT2D eigenvalue weighted by Gasteiger charge is 2.18. The van der Waals surface area contributed by atoms with Crippen molar-refractivity contribution < 1.29 is 17.9 Å². The molecular formula is C29H28FN9O3S. The molecule has 0 radical (unpaired) electrons. The van der Waals surface area contributed by atoms with Gasteiger partial charge in [-0.2, -0.15) is 5.10 Å². The van der Waals surface area contributed by atoms with Gasteiger partial charge in [0.1, 0.15) is 23.3 Å². The number of H-pyrrole nitrogens is 2. The molecule has 0 fully saturated rings. The van der Waals surface area contributed by atoms with Gasteiger partial charge < -0.3 is 15.4 Å². The number of aliphatic hydroxyl groups excluding tert-OH is 1. The van der Waals surface area contributed by atoms with E-state index >= 15 is 0 Å². The molecule has 0 aliphatic rings. The largest absolute Gasteiger partial charge is 0.374 e. The second-order valence-electron chi connectivity index (χ2n) is 10.6. The summed E-state index contributed by atoms with van der Waals surface area (Å²) in [5.74, 6) is -0.0466. The number of rotatable bonds is 9. The Hall–Kier alpha value is -4.79. The summed E-state index contributed by atoms with van der Waals surface area (Å²) < 4.78 is 40.0. The second kappa shape index (κ2) is 11.1. The lowest BCUT2D eigenvalue weighted by atomic mass is 10.1. The zero-order chi connectivity index (χ0) is 30.3. The van der Waals surface area contributed by atoms with Crippen molar-refractivity contribution in [2.45, 2.75) is 26.6 Å². The summed E-state index contributed by atoms with van der Waals surface area (Å²) in [7, 11) is -3.46. The first-order valence-corrected chi connectivity index (χ1v) is 15.3. The van der Waals surface area contributed by atoms with Gasteiger partial charge in [0.25, 0.3) is 0 Å². The van der Waals surface area contributed by atoms with E-state index in [2.05, 4.69) is 40.2 Å². The predicted octanol–water partition coefficient (Wildman–Crippen LogP) is 4.20. The molecule has 43 heavy (non-hydrogen) atoms. The van der Waals surface area contributed by atoms with Crippen LogP contribution in [0.15, 0.2) is 61.2 Å². The molecule has 5 aromatic heterocycles. The van der Waals surface area contributed by atoms with E-state index < -0.39 is 22.1 Å². The number of imidazole rings is 1. The van der Waals surface area contributed by atoms with Gasteiger partial charge in [0.2, 0.25) is 10.0 Å². The molecule has 1 atom stereocenters. The lowest BCUT2D eigenvalue weighted by Crippen LogP contribution is -2.24. The Kier molecular flexibility index (Phi) is 7.33. The molecule has 6 rings (SSSR count). The standard InChI is InChI=1S/C29H28FN9O3S/c1-15(2)29(40)35-21-9-18(12-31-14-21)19-10-22-25(38-39-27(22)33-13-19)28-36-23-4-5-32-24(26(23)37-28)17-6-16(7-20(30)8-17)11-34-43(3,41)42/h4-10,12-15,29,34-35,40H,11H2,1-3H3,(H,36,37)(H,33,38,39). The zero-order valence-corrected chi connectivity index (χ0v) is 24.2. The maximum Gasteiger partial charge on any atom is 0.209 e. The molecule has 0 amide bonds. The van der Waals surface area contributed by atoms with Crippen molar-refractivity contribution in [1.82, 2.24) is 39.8 Å². The fourth-order valence-electron chi connectivity index (χ4n) is 4.62. The maximum atomic E-state index is 14.6. The average Bonchev–Trinajstić information content (AvgIpc) is 3.59. The van der Waals surface area contributed by atoms with E-state index in [1.54, 1.807) is 36.9 Å². The van der Waals surface area contributed by atoms with Crippen molar-refractivity contribution in [2.75, 3.05) is 11.6 Å². The molecule has 5 heterocycles. The van der Waals surface area contributed by atoms with E-state index in [9.17, 15) is 17.9 Å². The number of halogens is 1. The number of aliphatic hydroxyl groups is 1. The van der Waals surface area contributed by atoms with Crippen molar-refractivity contribution in [3.8, 4) is 33.9 Å². The first-order valence-electron chi connectivity index (χ1n) is 13.4. The smallest absolute Gasteiger partial charge is 0.209 e. The molecular weight excluding hydrogens is 573 g/mol. The van der Waals surface area contributed by atoms with Gasteiger partial charge in [-0.15, -0.1) is 0 Å². The fourth-order valence-corrected chi connectivity index (χ4v) is 5.05. The third-order valence-corrected chi connectivity index (χ3v) is 7.50. The normalized spacial score (nSPS) is 12.8. The van der Waals surface area contributed by atoms with Gasteiger partial charge in [0, 0.05) is 41.8 Å². The lowest BCUT2D eigenvalue weighted by molar-refractivity contribution is 0.153. The first-order chi connectivity index (χ1) is 20.5. The SMILES string of the molecule is CC(C)C(O)Nc1cncc(-c2cnc3[nH]nc(-c4nc5c(-c6cc(F)cc(CNS(C)(=O)=O)c6)nccc5[nH]4)c3c2)c1. The fraction of sp³-hybridized carbons (Fsp3) is 0.207. The van der Waals surface area contributed by atoms with E-state index in [-0.39, 0.29) is 12.5 Å². The molecule has 0 spiro atoms. The van der Waals surface area contributed by atoms with E-state index in [4.69, 9.17) is 4.98 Å². The monoisotopic (exact) mass is 601 g/mol. The molecule has 5 N–H and O–H groups in total. The number of aromatic amines is 2. The molecule has 0 saturated carbocycles. The summed E-state index contributed by atoms with van der Waals surface area (Å²) in [5, 5.41) is 21.4. The number of nitrogens with zero attached hydrogens (tertiary/aromatic N) is 5. The Morgan fingerprint density at radius 3 is 2.60 bits per heavy atom. The van der Waals surface area contributed by atoms with Crippen LogP contribution in [0.2, 0.25) is 0 Å². The number of pyridine rings is 3. The van der Waals surface area contributed by atoms with Crippen molar-refractivity contribution in [3.05, 3.63) is 72.6 Å². The van der Waals surface area contributed by atoms with Crippen molar-refractivity contribution in [1.29, 1.82) is 0 Å². The molecule has 0 bridgehead atoms. The van der Waals surface area contributed by atoms with E-state index in [0.717, 1.165) is 17.4 Å². The Morgan fingerprint density at radius 1 is 1.00 bits per heavy atom. The number of fused-ring (bicyclic) bond motifs is 2. The summed E-state index contributed by atoms with van der Waals surface area (Å²) in [6, 6.07) is 9.85. The Balaban J connectivity index is 1.37. The highest BCUT2D eigenvalue weighted by molar-refractivity contribution is 7.88. The molecule has 0 saturated heterocycles. The third-order valence-electron chi connectivity index (χ3n) is 6.83. The van der Waals surface area contributed by atoms with E-state index in [1.807, 2.05) is 26.0 Å². The van der Waals surface area contributed by atoms with E-state index in [1.165, 1.54) is 12.1 Å². The number of aromatic nitrogens is 7. The number of nitrogens with one attached hydrogen (secondary N) is 4. The number of sulfonamides is 1. The van der Waals surface area contributed by atoms with Crippen molar-refractivity contribution >= 4 is 37.8 Å². The quantitative estimate of drug-likeness (QED) is 0.152. The van der Waals surface area contributed by atoms with Gasteiger partial charge in [-0.05, 0) is 47.9 Å². The summed E-state index contributed by atoms with van der Waals surface area (Å²) in [4.78, 5) is 21.4. The molecule has 0 aliphatic heterocycles. The number of hydrogen-bond acceptors (Lipinski definition) is 9. The first kappa shape index (κ1) is 28.3. The van der Waals surface area contributed by atoms with Crippen LogP contribution in [-0.2, 0) is 16.6 Å². The molecule has 220 valence electrons. The van der Waals surface area contributed by atoms with Gasteiger partial charge in [0.05, 0.1) is 34.7 Å². The Labute approximate surface area is 245 Å². The van der Waals surface area contributed by atoms with Crippen LogP contribution in [0.5, 0.6) is 0 Å². The van der Waals surface area contributed by atoms with Crippen LogP contribution in [-0.4, -0.2) is 61.1 Å². The molecule has 1 aromatic carbocycles. The van der Waals surface area contributed by atoms with Crippen LogP contribution in [0.25, 0.3) is 56.0 Å². The van der Waals surface area contributed by atoms with Crippen LogP contribution in [0.3, 0.4) is 0 Å². The highest BCUT2D eigenvalue weighted by Crippen LogP contribution is 2.32. The summed E-state index contributed by atoms with van der Waals surface area (Å²) >= 11 is 0. The summed E-state index contributed by atoms with van der Waals surface area (Å²) in [5.41, 5.74) is 5.83. The van der Waals surface area contributed by atoms with E-state index in [0.29, 0.717) is 56.1 Å². The number of benzene rings is 1. The van der Waals surface area contributed by atoms with Crippen LogP contribution in [0.4, 0.5) is 10.1 Å². The Bertz CT molecular complexity index is 2070. The number of anilines is 1. The van der Waals surface area contributed by atoms with Crippen LogP contribution < -0.4 is 10.0 Å². The predicted molar refractivity (Wildman–Crippen MR) is 162 cm³/mol. The molecule has 0 aliphatic carbocycles. The van der Waals surface area contributed by atoms with Gasteiger partial charge in [-0.25, -0.2) is 27.5 Å². The van der Waals surface area contributed by atoms with Gasteiger partial charge in [-0.3, -0.25) is 15.1 Å². The molecule has 14 heteroatoms. The topological polar surface area (TPSA) is 174 Å². The third kappa shape index (κ3) is 6.07. The minimum atomic E-state index is -3.46. The molecule has 6 aromatic rings. The van der Waals surface area contributed by atoms with Crippen molar-refractivity contribution in [2.24, 2.45) is 5.92 Å². The minimum absolute atomic E-state index is 0.0227. The van der Waals surface area contributed by atoms with Gasteiger partial charge in [0.15, 0.2) is 11.5 Å². The molecule has 1 unspecified atom stereocenters. The van der Waals surface area contributed by atoms with Crippen LogP contribution in [0.1, 0.15) is 19.4 Å².